The van der Waals surface area contributed by atoms with Gasteiger partial charge in [0.2, 0.25) is 0 Å². The van der Waals surface area contributed by atoms with Gasteiger partial charge in [-0.25, -0.2) is 0 Å². The molecule has 2 atom stereocenters. The first-order valence-corrected chi connectivity index (χ1v) is 6.21. The van der Waals surface area contributed by atoms with Crippen LogP contribution in [0.3, 0.4) is 0 Å². The van der Waals surface area contributed by atoms with Crippen molar-refractivity contribution < 1.29 is 9.47 Å². The van der Waals surface area contributed by atoms with E-state index in [1.165, 1.54) is 12.0 Å². The van der Waals surface area contributed by atoms with Crippen molar-refractivity contribution >= 4 is 0 Å². The van der Waals surface area contributed by atoms with Crippen LogP contribution < -0.4 is 10.5 Å². The van der Waals surface area contributed by atoms with Crippen LogP contribution in [0, 0.1) is 6.92 Å². The first-order valence-electron chi connectivity index (χ1n) is 6.21. The highest BCUT2D eigenvalue weighted by Crippen LogP contribution is 2.25. The molecule has 0 spiro atoms. The molecule has 0 aliphatic heterocycles. The topological polar surface area (TPSA) is 44.5 Å². The lowest BCUT2D eigenvalue weighted by Crippen LogP contribution is -2.31. The fraction of sp³-hybridized carbons (Fsp3) is 0.571. The number of benzene rings is 1. The number of rotatable bonds is 4. The van der Waals surface area contributed by atoms with Crippen LogP contribution in [0.15, 0.2) is 18.2 Å². The summed E-state index contributed by atoms with van der Waals surface area (Å²) in [5.41, 5.74) is 8.31. The average molecular weight is 235 g/mol. The van der Waals surface area contributed by atoms with Crippen molar-refractivity contribution in [3.63, 3.8) is 0 Å². The Bertz CT molecular complexity index is 378. The Morgan fingerprint density at radius 1 is 1.35 bits per heavy atom. The average Bonchev–Trinajstić information content (AvgIpc) is 2.72. The molecule has 0 amide bonds. The normalized spacial score (nSPS) is 23.9. The minimum Gasteiger partial charge on any atom is -0.496 e. The van der Waals surface area contributed by atoms with E-state index in [9.17, 15) is 0 Å². The van der Waals surface area contributed by atoms with E-state index >= 15 is 0 Å². The smallest absolute Gasteiger partial charge is 0.124 e. The van der Waals surface area contributed by atoms with Gasteiger partial charge in [0.25, 0.3) is 0 Å². The lowest BCUT2D eigenvalue weighted by molar-refractivity contribution is 0.0347. The summed E-state index contributed by atoms with van der Waals surface area (Å²) in [6.07, 6.45) is 3.54. The van der Waals surface area contributed by atoms with Gasteiger partial charge in [-0.05, 0) is 32.3 Å². The summed E-state index contributed by atoms with van der Waals surface area (Å²) in [6.45, 7) is 2.66. The Morgan fingerprint density at radius 3 is 2.82 bits per heavy atom. The van der Waals surface area contributed by atoms with Crippen molar-refractivity contribution in [2.75, 3.05) is 7.11 Å². The molecule has 2 rings (SSSR count). The second-order valence-corrected chi connectivity index (χ2v) is 4.76. The second-order valence-electron chi connectivity index (χ2n) is 4.76. The zero-order valence-electron chi connectivity index (χ0n) is 10.6. The van der Waals surface area contributed by atoms with Crippen LogP contribution in [0.5, 0.6) is 5.75 Å². The van der Waals surface area contributed by atoms with E-state index in [2.05, 4.69) is 13.0 Å². The van der Waals surface area contributed by atoms with Crippen molar-refractivity contribution in [2.24, 2.45) is 5.73 Å². The molecule has 94 valence electrons. The monoisotopic (exact) mass is 235 g/mol. The maximum atomic E-state index is 5.99. The van der Waals surface area contributed by atoms with Gasteiger partial charge in [0.05, 0.1) is 19.8 Å². The summed E-state index contributed by atoms with van der Waals surface area (Å²) in [6, 6.07) is 6.34. The Morgan fingerprint density at radius 2 is 2.18 bits per heavy atom. The van der Waals surface area contributed by atoms with Crippen molar-refractivity contribution in [3.05, 3.63) is 29.3 Å². The predicted octanol–water partition coefficient (Wildman–Crippen LogP) is 2.40. The summed E-state index contributed by atoms with van der Waals surface area (Å²) in [5.74, 6) is 0.891. The molecule has 0 aromatic heterocycles. The van der Waals surface area contributed by atoms with Crippen LogP contribution in [0.25, 0.3) is 0 Å². The highest BCUT2D eigenvalue weighted by atomic mass is 16.5. The van der Waals surface area contributed by atoms with E-state index in [0.717, 1.165) is 24.2 Å². The third-order valence-electron chi connectivity index (χ3n) is 3.39. The first-order chi connectivity index (χ1) is 8.20. The third kappa shape index (κ3) is 2.99. The van der Waals surface area contributed by atoms with Gasteiger partial charge < -0.3 is 15.2 Å². The van der Waals surface area contributed by atoms with Crippen LogP contribution in [0.1, 0.15) is 30.4 Å². The van der Waals surface area contributed by atoms with Crippen molar-refractivity contribution in [1.29, 1.82) is 0 Å². The number of hydrogen-bond acceptors (Lipinski definition) is 3. The number of aryl methyl sites for hydroxylation is 1. The molecular formula is C14H21NO2. The van der Waals surface area contributed by atoms with Gasteiger partial charge in [-0.3, -0.25) is 0 Å². The first kappa shape index (κ1) is 12.4. The Labute approximate surface area is 103 Å². The summed E-state index contributed by atoms with van der Waals surface area (Å²) < 4.78 is 11.2. The van der Waals surface area contributed by atoms with Gasteiger partial charge in [0.1, 0.15) is 5.75 Å². The number of methoxy groups -OCH3 is 1. The molecule has 0 bridgehead atoms. The van der Waals surface area contributed by atoms with Gasteiger partial charge in [-0.15, -0.1) is 0 Å². The molecule has 3 nitrogen and oxygen atoms in total. The molecule has 1 fully saturated rings. The molecule has 1 aromatic carbocycles. The van der Waals surface area contributed by atoms with E-state index < -0.39 is 0 Å². The minimum absolute atomic E-state index is 0.200. The zero-order chi connectivity index (χ0) is 12.3. The summed E-state index contributed by atoms with van der Waals surface area (Å²) in [5, 5.41) is 0. The highest BCUT2D eigenvalue weighted by Gasteiger charge is 2.24. The lowest BCUT2D eigenvalue weighted by Gasteiger charge is -2.17. The van der Waals surface area contributed by atoms with E-state index in [-0.39, 0.29) is 12.1 Å². The van der Waals surface area contributed by atoms with Gasteiger partial charge in [-0.1, -0.05) is 17.7 Å². The molecule has 1 aliphatic rings. The summed E-state index contributed by atoms with van der Waals surface area (Å²) in [7, 11) is 1.69. The zero-order valence-corrected chi connectivity index (χ0v) is 10.6. The van der Waals surface area contributed by atoms with Gasteiger partial charge in [0.15, 0.2) is 0 Å². The summed E-state index contributed by atoms with van der Waals surface area (Å²) in [4.78, 5) is 0. The van der Waals surface area contributed by atoms with Crippen LogP contribution in [-0.4, -0.2) is 19.3 Å². The Hall–Kier alpha value is -1.06. The van der Waals surface area contributed by atoms with Gasteiger partial charge >= 0.3 is 0 Å². The van der Waals surface area contributed by atoms with Crippen LogP contribution in [0.2, 0.25) is 0 Å². The fourth-order valence-corrected chi connectivity index (χ4v) is 2.38. The molecule has 1 aliphatic carbocycles. The third-order valence-corrected chi connectivity index (χ3v) is 3.39. The lowest BCUT2D eigenvalue weighted by atomic mass is 10.1. The van der Waals surface area contributed by atoms with Crippen molar-refractivity contribution in [3.8, 4) is 5.75 Å². The molecule has 0 radical (unpaired) electrons. The maximum Gasteiger partial charge on any atom is 0.124 e. The molecule has 2 N–H and O–H groups in total. The highest BCUT2D eigenvalue weighted by molar-refractivity contribution is 5.36. The van der Waals surface area contributed by atoms with E-state index in [0.29, 0.717) is 6.61 Å². The second kappa shape index (κ2) is 5.52. The molecule has 2 unspecified atom stereocenters. The van der Waals surface area contributed by atoms with Crippen LogP contribution >= 0.6 is 0 Å². The SMILES string of the molecule is COc1ccc(C)cc1COC1CCCC1N. The number of hydrogen-bond donors (Lipinski definition) is 1. The molecule has 0 heterocycles. The number of nitrogens with two attached hydrogens (primary N) is 1. The maximum absolute atomic E-state index is 5.99. The predicted molar refractivity (Wildman–Crippen MR) is 68.1 cm³/mol. The van der Waals surface area contributed by atoms with E-state index in [1.54, 1.807) is 7.11 Å². The molecular weight excluding hydrogens is 214 g/mol. The molecule has 1 saturated carbocycles. The molecule has 3 heteroatoms. The Kier molecular flexibility index (Phi) is 4.02. The molecule has 0 saturated heterocycles. The Balaban J connectivity index is 2.00. The summed E-state index contributed by atoms with van der Waals surface area (Å²) >= 11 is 0. The van der Waals surface area contributed by atoms with Crippen molar-refractivity contribution in [2.45, 2.75) is 44.9 Å². The van der Waals surface area contributed by atoms with Crippen LogP contribution in [0.4, 0.5) is 0 Å². The fourth-order valence-electron chi connectivity index (χ4n) is 2.38. The van der Waals surface area contributed by atoms with Crippen molar-refractivity contribution in [1.82, 2.24) is 0 Å². The molecule has 17 heavy (non-hydrogen) atoms. The van der Waals surface area contributed by atoms with E-state index in [4.69, 9.17) is 15.2 Å². The van der Waals surface area contributed by atoms with Crippen LogP contribution in [-0.2, 0) is 11.3 Å². The minimum atomic E-state index is 0.200. The largest absolute Gasteiger partial charge is 0.496 e. The van der Waals surface area contributed by atoms with E-state index in [1.807, 2.05) is 12.1 Å². The van der Waals surface area contributed by atoms with Gasteiger partial charge in [0, 0.05) is 11.6 Å². The standard InChI is InChI=1S/C14H21NO2/c1-10-6-7-13(16-2)11(8-10)9-17-14-5-3-4-12(14)15/h6-8,12,14H,3-5,9,15H2,1-2H3. The number of ether oxygens (including phenoxy) is 2. The van der Waals surface area contributed by atoms with Gasteiger partial charge in [-0.2, -0.15) is 0 Å². The molecule has 1 aromatic rings. The quantitative estimate of drug-likeness (QED) is 0.871.